The highest BCUT2D eigenvalue weighted by atomic mass is 16.4. The predicted molar refractivity (Wildman–Crippen MR) is 63.1 cm³/mol. The van der Waals surface area contributed by atoms with Gasteiger partial charge in [0.15, 0.2) is 0 Å². The van der Waals surface area contributed by atoms with Crippen molar-refractivity contribution in [1.29, 1.82) is 0 Å². The van der Waals surface area contributed by atoms with Gasteiger partial charge in [-0.3, -0.25) is 4.79 Å². The van der Waals surface area contributed by atoms with Gasteiger partial charge in [0, 0.05) is 25.2 Å². The van der Waals surface area contributed by atoms with Gasteiger partial charge >= 0.3 is 5.97 Å². The quantitative estimate of drug-likeness (QED) is 0.796. The monoisotopic (exact) mass is 223 g/mol. The van der Waals surface area contributed by atoms with Gasteiger partial charge in [0.2, 0.25) is 0 Å². The van der Waals surface area contributed by atoms with Crippen LogP contribution in [0.3, 0.4) is 0 Å². The molecule has 0 aromatic rings. The molecule has 2 aliphatic rings. The van der Waals surface area contributed by atoms with E-state index in [9.17, 15) is 4.79 Å². The van der Waals surface area contributed by atoms with Crippen LogP contribution in [0.25, 0.3) is 0 Å². The Kier molecular flexibility index (Phi) is 3.86. The highest BCUT2D eigenvalue weighted by Crippen LogP contribution is 2.32. The average molecular weight is 223 g/mol. The van der Waals surface area contributed by atoms with Gasteiger partial charge in [0.1, 0.15) is 0 Å². The molecule has 2 rings (SSSR count). The Labute approximate surface area is 97.1 Å². The summed E-state index contributed by atoms with van der Waals surface area (Å²) in [5.74, 6) is -0.158. The number of carboxylic acids is 1. The molecule has 0 aromatic heterocycles. The van der Waals surface area contributed by atoms with Crippen LogP contribution in [0.5, 0.6) is 0 Å². The molecule has 1 aliphatic heterocycles. The van der Waals surface area contributed by atoms with Crippen LogP contribution in [0, 0.1) is 5.92 Å². The summed E-state index contributed by atoms with van der Waals surface area (Å²) >= 11 is 0. The molecule has 3 heteroatoms. The van der Waals surface area contributed by atoms with E-state index in [1.54, 1.807) is 0 Å². The van der Waals surface area contributed by atoms with E-state index >= 15 is 0 Å². The molecule has 3 nitrogen and oxygen atoms in total. The van der Waals surface area contributed by atoms with Crippen molar-refractivity contribution in [3.8, 4) is 0 Å². The van der Waals surface area contributed by atoms with E-state index in [-0.39, 0.29) is 0 Å². The maximum Gasteiger partial charge on any atom is 0.303 e. The van der Waals surface area contributed by atoms with Gasteiger partial charge in [0.25, 0.3) is 0 Å². The Morgan fingerprint density at radius 3 is 2.81 bits per heavy atom. The standard InChI is InChI=1S/C13H21NO2/c15-13(16)8-7-11-5-1-2-6-12(11)14-9-3-4-10-14/h6,11H,1-5,7-10H2,(H,15,16). The molecule has 1 heterocycles. The number of hydrogen-bond acceptors (Lipinski definition) is 2. The lowest BCUT2D eigenvalue weighted by atomic mass is 9.88. The second-order valence-electron chi connectivity index (χ2n) is 4.88. The molecule has 0 radical (unpaired) electrons. The fourth-order valence-electron chi connectivity index (χ4n) is 2.88. The van der Waals surface area contributed by atoms with Gasteiger partial charge in [-0.25, -0.2) is 0 Å². The molecule has 0 amide bonds. The summed E-state index contributed by atoms with van der Waals surface area (Å²) in [7, 11) is 0. The van der Waals surface area contributed by atoms with E-state index in [1.807, 2.05) is 0 Å². The third-order valence-electron chi connectivity index (χ3n) is 3.71. The Bertz CT molecular complexity index is 280. The summed E-state index contributed by atoms with van der Waals surface area (Å²) in [6.45, 7) is 2.35. The minimum Gasteiger partial charge on any atom is -0.481 e. The zero-order valence-electron chi connectivity index (χ0n) is 9.82. The van der Waals surface area contributed by atoms with Crippen LogP contribution in [-0.4, -0.2) is 29.1 Å². The van der Waals surface area contributed by atoms with Gasteiger partial charge in [-0.05, 0) is 44.4 Å². The number of carbonyl (C=O) groups is 1. The normalized spacial score (nSPS) is 25.6. The van der Waals surface area contributed by atoms with Crippen molar-refractivity contribution >= 4 is 5.97 Å². The van der Waals surface area contributed by atoms with Crippen molar-refractivity contribution in [2.45, 2.75) is 44.9 Å². The number of hydrogen-bond donors (Lipinski definition) is 1. The fourth-order valence-corrected chi connectivity index (χ4v) is 2.88. The van der Waals surface area contributed by atoms with Crippen molar-refractivity contribution in [3.63, 3.8) is 0 Å². The third kappa shape index (κ3) is 2.77. The van der Waals surface area contributed by atoms with Gasteiger partial charge in [-0.1, -0.05) is 6.08 Å². The van der Waals surface area contributed by atoms with Crippen LogP contribution in [0.15, 0.2) is 11.8 Å². The average Bonchev–Trinajstić information content (AvgIpc) is 2.80. The lowest BCUT2D eigenvalue weighted by molar-refractivity contribution is -0.137. The minimum atomic E-state index is -0.661. The zero-order valence-corrected chi connectivity index (χ0v) is 9.82. The number of likely N-dealkylation sites (tertiary alicyclic amines) is 1. The Morgan fingerprint density at radius 2 is 2.12 bits per heavy atom. The van der Waals surface area contributed by atoms with E-state index in [4.69, 9.17) is 5.11 Å². The van der Waals surface area contributed by atoms with Gasteiger partial charge in [-0.15, -0.1) is 0 Å². The molecule has 1 fully saturated rings. The lowest BCUT2D eigenvalue weighted by Gasteiger charge is -2.31. The van der Waals surface area contributed by atoms with Crippen LogP contribution in [0.1, 0.15) is 44.9 Å². The summed E-state index contributed by atoms with van der Waals surface area (Å²) in [6.07, 6.45) is 9.65. The Balaban J connectivity index is 1.95. The molecule has 16 heavy (non-hydrogen) atoms. The van der Waals surface area contributed by atoms with E-state index < -0.39 is 5.97 Å². The molecule has 0 saturated carbocycles. The third-order valence-corrected chi connectivity index (χ3v) is 3.71. The van der Waals surface area contributed by atoms with Crippen LogP contribution in [0.2, 0.25) is 0 Å². The Morgan fingerprint density at radius 1 is 1.38 bits per heavy atom. The van der Waals surface area contributed by atoms with Crippen molar-refractivity contribution in [1.82, 2.24) is 4.90 Å². The van der Waals surface area contributed by atoms with Crippen molar-refractivity contribution in [2.75, 3.05) is 13.1 Å². The molecular formula is C13H21NO2. The first-order valence-electron chi connectivity index (χ1n) is 6.44. The highest BCUT2D eigenvalue weighted by molar-refractivity contribution is 5.66. The smallest absolute Gasteiger partial charge is 0.303 e. The lowest BCUT2D eigenvalue weighted by Crippen LogP contribution is -2.26. The summed E-state index contributed by atoms with van der Waals surface area (Å²) in [4.78, 5) is 13.1. The van der Waals surface area contributed by atoms with E-state index in [0.29, 0.717) is 12.3 Å². The van der Waals surface area contributed by atoms with Crippen molar-refractivity contribution in [2.24, 2.45) is 5.92 Å². The minimum absolute atomic E-state index is 0.315. The molecule has 1 N–H and O–H groups in total. The topological polar surface area (TPSA) is 40.5 Å². The van der Waals surface area contributed by atoms with E-state index in [1.165, 1.54) is 50.9 Å². The number of allylic oxidation sites excluding steroid dienone is 2. The van der Waals surface area contributed by atoms with Crippen LogP contribution >= 0.6 is 0 Å². The fraction of sp³-hybridized carbons (Fsp3) is 0.769. The summed E-state index contributed by atoms with van der Waals surface area (Å²) in [5.41, 5.74) is 1.45. The van der Waals surface area contributed by atoms with Crippen LogP contribution in [-0.2, 0) is 4.79 Å². The predicted octanol–water partition coefficient (Wildman–Crippen LogP) is 2.63. The van der Waals surface area contributed by atoms with E-state index in [2.05, 4.69) is 11.0 Å². The largest absolute Gasteiger partial charge is 0.481 e. The van der Waals surface area contributed by atoms with Gasteiger partial charge < -0.3 is 10.0 Å². The molecular weight excluding hydrogens is 202 g/mol. The first kappa shape index (κ1) is 11.5. The molecule has 1 saturated heterocycles. The molecule has 1 unspecified atom stereocenters. The van der Waals surface area contributed by atoms with Crippen molar-refractivity contribution in [3.05, 3.63) is 11.8 Å². The summed E-state index contributed by atoms with van der Waals surface area (Å²) in [5, 5.41) is 8.76. The van der Waals surface area contributed by atoms with E-state index in [0.717, 1.165) is 6.42 Å². The number of carboxylic acid groups (broad SMARTS) is 1. The molecule has 0 bridgehead atoms. The van der Waals surface area contributed by atoms with Crippen molar-refractivity contribution < 1.29 is 9.90 Å². The number of rotatable bonds is 4. The summed E-state index contributed by atoms with van der Waals surface area (Å²) in [6, 6.07) is 0. The number of aliphatic carboxylic acids is 1. The second-order valence-corrected chi connectivity index (χ2v) is 4.88. The zero-order chi connectivity index (χ0) is 11.4. The second kappa shape index (κ2) is 5.37. The van der Waals surface area contributed by atoms with Gasteiger partial charge in [0.05, 0.1) is 0 Å². The molecule has 1 aliphatic carbocycles. The first-order valence-corrected chi connectivity index (χ1v) is 6.44. The summed E-state index contributed by atoms with van der Waals surface area (Å²) < 4.78 is 0. The molecule has 1 atom stereocenters. The maximum absolute atomic E-state index is 10.6. The molecule has 0 spiro atoms. The van der Waals surface area contributed by atoms with Crippen LogP contribution in [0.4, 0.5) is 0 Å². The highest BCUT2D eigenvalue weighted by Gasteiger charge is 2.24. The Hall–Kier alpha value is -0.990. The first-order chi connectivity index (χ1) is 7.77. The number of nitrogens with zero attached hydrogens (tertiary/aromatic N) is 1. The van der Waals surface area contributed by atoms with Crippen LogP contribution < -0.4 is 0 Å². The SMILES string of the molecule is O=C(O)CCC1CCCC=C1N1CCCC1. The molecule has 0 aromatic carbocycles. The maximum atomic E-state index is 10.6. The van der Waals surface area contributed by atoms with Gasteiger partial charge in [-0.2, -0.15) is 0 Å². The molecule has 90 valence electrons.